The minimum absolute atomic E-state index is 0.169. The Morgan fingerprint density at radius 1 is 1.17 bits per heavy atom. The molecule has 1 aromatic carbocycles. The van der Waals surface area contributed by atoms with Crippen molar-refractivity contribution in [1.82, 2.24) is 10.1 Å². The fourth-order valence-corrected chi connectivity index (χ4v) is 3.60. The molecule has 0 aliphatic carbocycles. The Morgan fingerprint density at radius 3 is 2.75 bits per heavy atom. The number of rotatable bonds is 4. The molecule has 0 unspecified atom stereocenters. The molecule has 5 heteroatoms. The number of hydrogen-bond donors (Lipinski definition) is 1. The van der Waals surface area contributed by atoms with Crippen LogP contribution in [0.2, 0.25) is 0 Å². The highest BCUT2D eigenvalue weighted by molar-refractivity contribution is 7.08. The predicted molar refractivity (Wildman–Crippen MR) is 98.3 cm³/mol. The molecule has 4 nitrogen and oxygen atoms in total. The molecular formula is C19H17N3OS. The lowest BCUT2D eigenvalue weighted by atomic mass is 10.1. The molecule has 0 aliphatic heterocycles. The summed E-state index contributed by atoms with van der Waals surface area (Å²) in [4.78, 5) is 4.45. The van der Waals surface area contributed by atoms with Crippen molar-refractivity contribution in [2.45, 2.75) is 19.9 Å². The van der Waals surface area contributed by atoms with E-state index in [-0.39, 0.29) is 6.04 Å². The molecule has 0 amide bonds. The van der Waals surface area contributed by atoms with E-state index in [9.17, 15) is 0 Å². The van der Waals surface area contributed by atoms with Crippen molar-refractivity contribution in [1.29, 1.82) is 0 Å². The van der Waals surface area contributed by atoms with Gasteiger partial charge in [0.1, 0.15) is 11.5 Å². The van der Waals surface area contributed by atoms with Gasteiger partial charge in [0, 0.05) is 17.0 Å². The molecule has 4 aromatic rings. The lowest BCUT2D eigenvalue weighted by Gasteiger charge is -2.14. The number of aryl methyl sites for hydroxylation is 1. The van der Waals surface area contributed by atoms with E-state index in [4.69, 9.17) is 4.52 Å². The number of benzene rings is 1. The van der Waals surface area contributed by atoms with Crippen LogP contribution >= 0.6 is 11.3 Å². The molecule has 0 saturated carbocycles. The second-order valence-electron chi connectivity index (χ2n) is 5.84. The maximum atomic E-state index is 5.44. The van der Waals surface area contributed by atoms with E-state index < -0.39 is 0 Å². The number of aromatic nitrogens is 2. The highest BCUT2D eigenvalue weighted by Crippen LogP contribution is 2.33. The summed E-state index contributed by atoms with van der Waals surface area (Å²) in [7, 11) is 0. The van der Waals surface area contributed by atoms with Gasteiger partial charge in [0.25, 0.3) is 0 Å². The van der Waals surface area contributed by atoms with Crippen LogP contribution in [0.1, 0.15) is 24.1 Å². The molecule has 3 aromatic heterocycles. The van der Waals surface area contributed by atoms with Crippen molar-refractivity contribution in [2.24, 2.45) is 0 Å². The monoisotopic (exact) mass is 335 g/mol. The minimum atomic E-state index is 0.169. The SMILES string of the molecule is Cc1cscc1-c1noc2cnc(N[C@@H](C)c3ccccc3)cc12. The van der Waals surface area contributed by atoms with Crippen molar-refractivity contribution in [3.8, 4) is 11.3 Å². The molecule has 0 spiro atoms. The Hall–Kier alpha value is -2.66. The lowest BCUT2D eigenvalue weighted by Crippen LogP contribution is -2.07. The minimum Gasteiger partial charge on any atom is -0.364 e. The van der Waals surface area contributed by atoms with Gasteiger partial charge in [0.15, 0.2) is 5.58 Å². The Morgan fingerprint density at radius 2 is 2.00 bits per heavy atom. The smallest absolute Gasteiger partial charge is 0.185 e. The normalized spacial score (nSPS) is 12.4. The van der Waals surface area contributed by atoms with E-state index in [1.165, 1.54) is 11.1 Å². The third kappa shape index (κ3) is 2.67. The maximum absolute atomic E-state index is 5.44. The van der Waals surface area contributed by atoms with Gasteiger partial charge >= 0.3 is 0 Å². The standard InChI is InChI=1S/C19H17N3OS/c1-12-10-24-11-16(12)19-15-8-18(20-9-17(15)23-22-19)21-13(2)14-6-4-3-5-7-14/h3-11,13H,1-2H3,(H,20,21)/t13-/m0/s1. The first-order valence-electron chi connectivity index (χ1n) is 7.82. The average Bonchev–Trinajstić information content (AvgIpc) is 3.21. The van der Waals surface area contributed by atoms with Gasteiger partial charge in [-0.1, -0.05) is 35.5 Å². The molecule has 1 atom stereocenters. The first-order valence-corrected chi connectivity index (χ1v) is 8.77. The summed E-state index contributed by atoms with van der Waals surface area (Å²) in [5.41, 5.74) is 5.12. The molecule has 3 heterocycles. The van der Waals surface area contributed by atoms with Crippen LogP contribution in [0.4, 0.5) is 5.82 Å². The molecule has 0 fully saturated rings. The highest BCUT2D eigenvalue weighted by atomic mass is 32.1. The zero-order chi connectivity index (χ0) is 16.5. The fraction of sp³-hybridized carbons (Fsp3) is 0.158. The second-order valence-corrected chi connectivity index (χ2v) is 6.59. The number of thiophene rings is 1. The molecule has 24 heavy (non-hydrogen) atoms. The fourth-order valence-electron chi connectivity index (χ4n) is 2.77. The largest absolute Gasteiger partial charge is 0.364 e. The Balaban J connectivity index is 1.69. The van der Waals surface area contributed by atoms with Crippen molar-refractivity contribution >= 4 is 28.1 Å². The topological polar surface area (TPSA) is 51.0 Å². The third-order valence-electron chi connectivity index (χ3n) is 4.13. The summed E-state index contributed by atoms with van der Waals surface area (Å²) in [6.07, 6.45) is 1.73. The molecule has 0 aliphatic rings. The van der Waals surface area contributed by atoms with E-state index in [1.54, 1.807) is 17.5 Å². The maximum Gasteiger partial charge on any atom is 0.185 e. The zero-order valence-corrected chi connectivity index (χ0v) is 14.3. The van der Waals surface area contributed by atoms with Crippen LogP contribution in [-0.4, -0.2) is 10.1 Å². The van der Waals surface area contributed by atoms with Gasteiger partial charge in [-0.2, -0.15) is 11.3 Å². The summed E-state index contributed by atoms with van der Waals surface area (Å²) < 4.78 is 5.44. The summed E-state index contributed by atoms with van der Waals surface area (Å²) in [5, 5.41) is 12.9. The Labute approximate surface area is 144 Å². The van der Waals surface area contributed by atoms with E-state index in [2.05, 4.69) is 52.2 Å². The van der Waals surface area contributed by atoms with Gasteiger partial charge in [0.05, 0.1) is 11.6 Å². The third-order valence-corrected chi connectivity index (χ3v) is 4.99. The number of pyridine rings is 1. The molecular weight excluding hydrogens is 318 g/mol. The quantitative estimate of drug-likeness (QED) is 0.540. The number of nitrogens with zero attached hydrogens (tertiary/aromatic N) is 2. The van der Waals surface area contributed by atoms with Gasteiger partial charge in [0.2, 0.25) is 0 Å². The summed E-state index contributed by atoms with van der Waals surface area (Å²) in [6, 6.07) is 12.5. The first-order chi connectivity index (χ1) is 11.7. The molecule has 120 valence electrons. The summed E-state index contributed by atoms with van der Waals surface area (Å²) >= 11 is 1.67. The highest BCUT2D eigenvalue weighted by Gasteiger charge is 2.15. The average molecular weight is 335 g/mol. The van der Waals surface area contributed by atoms with Crippen LogP contribution in [-0.2, 0) is 0 Å². The van der Waals surface area contributed by atoms with Gasteiger partial charge in [-0.25, -0.2) is 4.98 Å². The molecule has 4 rings (SSSR count). The van der Waals surface area contributed by atoms with Crippen molar-refractivity contribution in [3.63, 3.8) is 0 Å². The van der Waals surface area contributed by atoms with E-state index in [0.717, 1.165) is 22.5 Å². The summed E-state index contributed by atoms with van der Waals surface area (Å²) in [6.45, 7) is 4.21. The van der Waals surface area contributed by atoms with Crippen LogP contribution in [0.25, 0.3) is 22.2 Å². The van der Waals surface area contributed by atoms with Crippen LogP contribution in [0.3, 0.4) is 0 Å². The van der Waals surface area contributed by atoms with E-state index in [1.807, 2.05) is 24.3 Å². The second kappa shape index (κ2) is 6.09. The van der Waals surface area contributed by atoms with Crippen molar-refractivity contribution < 1.29 is 4.52 Å². The predicted octanol–water partition coefficient (Wildman–Crippen LogP) is 5.43. The molecule has 1 N–H and O–H groups in total. The number of nitrogens with one attached hydrogen (secondary N) is 1. The van der Waals surface area contributed by atoms with E-state index >= 15 is 0 Å². The van der Waals surface area contributed by atoms with Crippen LogP contribution in [0, 0.1) is 6.92 Å². The number of hydrogen-bond acceptors (Lipinski definition) is 5. The van der Waals surface area contributed by atoms with Crippen LogP contribution in [0.15, 0.2) is 57.9 Å². The summed E-state index contributed by atoms with van der Waals surface area (Å²) in [5.74, 6) is 0.816. The molecule has 0 bridgehead atoms. The van der Waals surface area contributed by atoms with Crippen molar-refractivity contribution in [2.75, 3.05) is 5.32 Å². The molecule has 0 radical (unpaired) electrons. The Bertz CT molecular complexity index is 975. The van der Waals surface area contributed by atoms with Crippen LogP contribution in [0.5, 0.6) is 0 Å². The molecule has 0 saturated heterocycles. The van der Waals surface area contributed by atoms with Gasteiger partial charge in [-0.15, -0.1) is 0 Å². The van der Waals surface area contributed by atoms with Gasteiger partial charge < -0.3 is 9.84 Å². The zero-order valence-electron chi connectivity index (χ0n) is 13.5. The Kier molecular flexibility index (Phi) is 3.78. The number of fused-ring (bicyclic) bond motifs is 1. The van der Waals surface area contributed by atoms with Crippen molar-refractivity contribution in [3.05, 3.63) is 64.5 Å². The number of anilines is 1. The first kappa shape index (κ1) is 14.9. The van der Waals surface area contributed by atoms with Crippen LogP contribution < -0.4 is 5.32 Å². The van der Waals surface area contributed by atoms with Gasteiger partial charge in [-0.05, 0) is 36.4 Å². The van der Waals surface area contributed by atoms with Gasteiger partial charge in [-0.3, -0.25) is 0 Å². The lowest BCUT2D eigenvalue weighted by molar-refractivity contribution is 0.458. The van der Waals surface area contributed by atoms with E-state index in [0.29, 0.717) is 5.58 Å².